The molecule has 35 nitrogen and oxygen atoms in total. The number of nitrogen functional groups attached to an aromatic ring is 5. The third kappa shape index (κ3) is 29.6. The standard InChI is InChI=1S/C22H34N4O3S.C21H34N4O3S.C19H25N3O5S.C19H25N3O4S.C18H27N3O3S/c1-7-25-8-10-26(11-9-25)12-13-28-18-14(2)16-17(23)19(21(27)29-22(4,5)6)30-20(16)24-15(18)3;1-13-15-16(22)18(20(26)28-21(3,4)5)29-19(15)23-14(2)17(13)27-12-11-25(8)10-9-24(6)7;1-10-12-13(20)15(17(23)27-19(3,4)5)28-16(12)21-11(2)14(10)26-18(24)22-6-8-25-9-7-22;1-10-12-13(20)15(17(23)26-19(3,4)5)27-16(12)21-11(2)14(10)25-18(24)22-8-6-7-9-22;1-10-12-13(19)15(17(22)24-18(3,4)5)25-16(12)20-11(2)14(10)23-9-8-21(6)7/h7-13,23H2,1-6H3;9-12,22H2,1-8H3;6-9,20H2,1-5H3;6-9,20H2,1-5H3;8-9,19H2,1-7H3. The minimum Gasteiger partial charge on any atom is -0.490 e. The van der Waals surface area contributed by atoms with Crippen molar-refractivity contribution < 1.29 is 85.7 Å². The molecule has 0 saturated carbocycles. The number of thiophene rings is 5. The fourth-order valence-corrected chi connectivity index (χ4v) is 20.7. The molecule has 0 aliphatic carbocycles. The molecule has 10 aromatic rings. The fourth-order valence-electron chi connectivity index (χ4n) is 15.3. The number of nitrogens with two attached hydrogens (primary N) is 5. The Morgan fingerprint density at radius 3 is 0.863 bits per heavy atom. The van der Waals surface area contributed by atoms with Crippen LogP contribution in [0, 0.1) is 69.2 Å². The first kappa shape index (κ1) is 112. The summed E-state index contributed by atoms with van der Waals surface area (Å²) in [4.78, 5) is 130. The number of likely N-dealkylation sites (tertiary alicyclic amines) is 1. The molecule has 0 radical (unpaired) electrons. The SMILES string of the molecule is CCN1CCN(CCOc2c(C)nc3sc(C(=O)OC(C)(C)C)c(N)c3c2C)CC1.Cc1nc2sc(C(=O)OC(C)(C)C)c(N)c2c(C)c1OC(=O)N1CCCC1.Cc1nc2sc(C(=O)OC(C)(C)C)c(N)c2c(C)c1OC(=O)N1CCOCC1.Cc1nc2sc(C(=O)OC(C)(C)C)c(N)c2c(C)c1OCCN(C)C.Cc1nc2sc(C(=O)OC(C)(C)C)c(N)c2c(C)c1OCCN(C)CCN(C)C. The van der Waals surface area contributed by atoms with Crippen LogP contribution in [0.4, 0.5) is 38.0 Å². The minimum atomic E-state index is -0.628. The number of ether oxygens (including phenoxy) is 11. The highest BCUT2D eigenvalue weighted by Crippen LogP contribution is 2.47. The van der Waals surface area contributed by atoms with E-state index >= 15 is 0 Å². The highest BCUT2D eigenvalue weighted by atomic mass is 32.1. The number of amides is 2. The predicted octanol–water partition coefficient (Wildman–Crippen LogP) is 17.5. The number of piperazine rings is 1. The van der Waals surface area contributed by atoms with E-state index in [2.05, 4.69) is 77.5 Å². The number of aromatic nitrogens is 5. The molecule has 0 aromatic carbocycles. The van der Waals surface area contributed by atoms with Gasteiger partial charge in [0.1, 0.15) is 114 Å². The van der Waals surface area contributed by atoms with Crippen LogP contribution >= 0.6 is 56.7 Å². The van der Waals surface area contributed by atoms with Gasteiger partial charge in [-0.15, -0.1) is 56.7 Å². The largest absolute Gasteiger partial charge is 0.490 e. The molecule has 0 unspecified atom stereocenters. The number of rotatable bonds is 23. The molecular formula is C99H145N17O18S5. The quantitative estimate of drug-likeness (QED) is 0.0293. The molecule has 0 bridgehead atoms. The second-order valence-corrected chi connectivity index (χ2v) is 45.1. The molecule has 3 fully saturated rings. The van der Waals surface area contributed by atoms with Crippen molar-refractivity contribution in [2.75, 3.05) is 189 Å². The zero-order chi connectivity index (χ0) is 103. The molecule has 764 valence electrons. The van der Waals surface area contributed by atoms with E-state index in [-0.39, 0.29) is 6.09 Å². The van der Waals surface area contributed by atoms with Crippen LogP contribution in [-0.2, 0) is 28.4 Å². The summed E-state index contributed by atoms with van der Waals surface area (Å²) in [7, 11) is 10.2. The summed E-state index contributed by atoms with van der Waals surface area (Å²) in [5, 5.41) is 3.59. The molecule has 40 heteroatoms. The monoisotopic (exact) mass is 2020 g/mol. The first-order chi connectivity index (χ1) is 64.7. The van der Waals surface area contributed by atoms with E-state index in [1.165, 1.54) is 56.7 Å². The van der Waals surface area contributed by atoms with E-state index in [1.54, 1.807) is 72.1 Å². The summed E-state index contributed by atoms with van der Waals surface area (Å²) < 4.78 is 62.0. The number of anilines is 5. The van der Waals surface area contributed by atoms with Gasteiger partial charge in [0.25, 0.3) is 0 Å². The van der Waals surface area contributed by atoms with Gasteiger partial charge in [-0.05, 0) is 228 Å². The molecule has 3 aliphatic heterocycles. The lowest BCUT2D eigenvalue weighted by atomic mass is 10.1. The van der Waals surface area contributed by atoms with E-state index < -0.39 is 63.9 Å². The maximum Gasteiger partial charge on any atom is 0.415 e. The van der Waals surface area contributed by atoms with Crippen LogP contribution in [0.3, 0.4) is 0 Å². The average Bonchev–Trinajstić information content (AvgIpc) is 1.63. The van der Waals surface area contributed by atoms with Crippen molar-refractivity contribution in [2.45, 2.75) is 221 Å². The predicted molar refractivity (Wildman–Crippen MR) is 558 cm³/mol. The summed E-state index contributed by atoms with van der Waals surface area (Å²) in [6.45, 7) is 63.4. The maximum absolute atomic E-state index is 12.6. The number of carbonyl (C=O) groups excluding carboxylic acids is 7. The normalized spacial score (nSPS) is 14.1. The summed E-state index contributed by atoms with van der Waals surface area (Å²) in [5.41, 5.74) is 38.0. The summed E-state index contributed by atoms with van der Waals surface area (Å²) in [5.74, 6) is 0.786. The number of pyridine rings is 5. The minimum absolute atomic E-state index is 0.294. The van der Waals surface area contributed by atoms with Crippen molar-refractivity contribution in [3.05, 3.63) is 80.7 Å². The van der Waals surface area contributed by atoms with Crippen LogP contribution in [0.25, 0.3) is 51.1 Å². The van der Waals surface area contributed by atoms with Crippen molar-refractivity contribution in [1.29, 1.82) is 0 Å². The molecule has 0 atom stereocenters. The summed E-state index contributed by atoms with van der Waals surface area (Å²) >= 11 is 6.18. The molecule has 13 heterocycles. The molecule has 10 aromatic heterocycles. The number of hydrogen-bond donors (Lipinski definition) is 5. The number of nitrogens with zero attached hydrogens (tertiary/aromatic N) is 12. The molecule has 10 N–H and O–H groups in total. The molecule has 139 heavy (non-hydrogen) atoms. The topological polar surface area (TPSA) is 438 Å². The lowest BCUT2D eigenvalue weighted by molar-refractivity contribution is 0.00636. The van der Waals surface area contributed by atoms with Crippen molar-refractivity contribution in [2.24, 2.45) is 0 Å². The van der Waals surface area contributed by atoms with Crippen LogP contribution in [0.1, 0.15) is 228 Å². The molecule has 3 aliphatic rings. The van der Waals surface area contributed by atoms with Gasteiger partial charge < -0.3 is 110 Å². The fraction of sp³-hybridized carbons (Fsp3) is 0.576. The molecule has 3 saturated heterocycles. The number of aryl methyl sites for hydroxylation is 10. The Bertz CT molecular complexity index is 6100. The Labute approximate surface area is 836 Å². The van der Waals surface area contributed by atoms with E-state index in [0.717, 1.165) is 160 Å². The van der Waals surface area contributed by atoms with Crippen LogP contribution in [-0.4, -0.2) is 289 Å². The first-order valence-electron chi connectivity index (χ1n) is 46.6. The highest BCUT2D eigenvalue weighted by molar-refractivity contribution is 7.22. The Hall–Kier alpha value is -10.4. The van der Waals surface area contributed by atoms with Gasteiger partial charge in [-0.3, -0.25) is 4.90 Å². The van der Waals surface area contributed by atoms with Crippen molar-refractivity contribution >= 4 is 178 Å². The molecule has 0 spiro atoms. The number of carbonyl (C=O) groups is 7. The van der Waals surface area contributed by atoms with Crippen molar-refractivity contribution in [3.8, 4) is 28.7 Å². The number of hydrogen-bond acceptors (Lipinski definition) is 38. The van der Waals surface area contributed by atoms with Crippen LogP contribution in [0.15, 0.2) is 0 Å². The van der Waals surface area contributed by atoms with E-state index in [0.29, 0.717) is 166 Å². The lowest BCUT2D eigenvalue weighted by Gasteiger charge is -2.33. The molecule has 2 amide bonds. The third-order valence-corrected chi connectivity index (χ3v) is 27.5. The number of esters is 5. The first-order valence-corrected chi connectivity index (χ1v) is 50.7. The summed E-state index contributed by atoms with van der Waals surface area (Å²) in [6.07, 6.45) is 1.15. The highest BCUT2D eigenvalue weighted by Gasteiger charge is 2.35. The van der Waals surface area contributed by atoms with Gasteiger partial charge >= 0.3 is 42.0 Å². The third-order valence-electron chi connectivity index (χ3n) is 22.1. The van der Waals surface area contributed by atoms with E-state index in [4.69, 9.17) is 80.8 Å². The Morgan fingerprint density at radius 2 is 0.590 bits per heavy atom. The maximum atomic E-state index is 12.6. The number of likely N-dealkylation sites (N-methyl/N-ethyl adjacent to an activating group) is 4. The van der Waals surface area contributed by atoms with Gasteiger partial charge in [0, 0.05) is 140 Å². The van der Waals surface area contributed by atoms with Crippen molar-refractivity contribution in [1.82, 2.24) is 59.2 Å². The number of morpholine rings is 1. The van der Waals surface area contributed by atoms with Gasteiger partial charge in [-0.25, -0.2) is 58.5 Å². The average molecular weight is 2020 g/mol. The summed E-state index contributed by atoms with van der Waals surface area (Å²) in [6, 6.07) is 0. The van der Waals surface area contributed by atoms with Gasteiger partial charge in [0.15, 0.2) is 11.5 Å². The zero-order valence-corrected chi connectivity index (χ0v) is 91.1. The zero-order valence-electron chi connectivity index (χ0n) is 87.0. The van der Waals surface area contributed by atoms with Crippen LogP contribution < -0.4 is 52.4 Å². The van der Waals surface area contributed by atoms with Crippen molar-refractivity contribution in [3.63, 3.8) is 0 Å². The molecule has 13 rings (SSSR count). The smallest absolute Gasteiger partial charge is 0.415 e. The Kier molecular flexibility index (Phi) is 37.9. The lowest BCUT2D eigenvalue weighted by Crippen LogP contribution is -2.47. The van der Waals surface area contributed by atoms with E-state index in [1.807, 2.05) is 125 Å². The van der Waals surface area contributed by atoms with Gasteiger partial charge in [-0.1, -0.05) is 6.92 Å². The van der Waals surface area contributed by atoms with Gasteiger partial charge in [-0.2, -0.15) is 0 Å². The Balaban J connectivity index is 0.000000195. The van der Waals surface area contributed by atoms with Gasteiger partial charge in [0.05, 0.1) is 70.1 Å². The molecular weight excluding hydrogens is 1880 g/mol. The van der Waals surface area contributed by atoms with Gasteiger partial charge in [0.2, 0.25) is 0 Å². The number of fused-ring (bicyclic) bond motifs is 5. The van der Waals surface area contributed by atoms with Crippen LogP contribution in [0.5, 0.6) is 28.7 Å². The second kappa shape index (κ2) is 47.0. The Morgan fingerprint density at radius 1 is 0.338 bits per heavy atom. The van der Waals surface area contributed by atoms with Crippen LogP contribution in [0.2, 0.25) is 0 Å². The van der Waals surface area contributed by atoms with E-state index in [9.17, 15) is 33.6 Å². The second-order valence-electron chi connectivity index (χ2n) is 40.2.